The van der Waals surface area contributed by atoms with Gasteiger partial charge in [0.05, 0.1) is 11.1 Å². The SMILES string of the molecule is O=C(CN1C(=O)c2ccccc2C1=O)N1CCN(c2ccc(N3CCCCCC3)nn2)CC1. The van der Waals surface area contributed by atoms with Crippen molar-refractivity contribution in [3.63, 3.8) is 0 Å². The number of aromatic nitrogens is 2. The molecule has 0 unspecified atom stereocenters. The lowest BCUT2D eigenvalue weighted by Gasteiger charge is -2.35. The summed E-state index contributed by atoms with van der Waals surface area (Å²) >= 11 is 0. The molecular weight excluding hydrogens is 420 g/mol. The van der Waals surface area contributed by atoms with E-state index in [1.54, 1.807) is 29.2 Å². The van der Waals surface area contributed by atoms with Crippen LogP contribution in [0, 0.1) is 0 Å². The molecule has 0 aliphatic carbocycles. The Morgan fingerprint density at radius 3 is 1.73 bits per heavy atom. The van der Waals surface area contributed by atoms with E-state index in [2.05, 4.69) is 20.0 Å². The Bertz CT molecular complexity index is 1010. The molecule has 2 fully saturated rings. The van der Waals surface area contributed by atoms with Crippen molar-refractivity contribution in [2.75, 3.05) is 55.6 Å². The van der Waals surface area contributed by atoms with E-state index in [1.807, 2.05) is 12.1 Å². The van der Waals surface area contributed by atoms with Crippen LogP contribution in [0.15, 0.2) is 36.4 Å². The van der Waals surface area contributed by atoms with Gasteiger partial charge in [-0.05, 0) is 37.1 Å². The van der Waals surface area contributed by atoms with Crippen molar-refractivity contribution < 1.29 is 14.4 Å². The zero-order chi connectivity index (χ0) is 22.8. The molecule has 3 aliphatic rings. The first-order valence-electron chi connectivity index (χ1n) is 11.7. The zero-order valence-electron chi connectivity index (χ0n) is 18.7. The number of anilines is 2. The minimum atomic E-state index is -0.401. The second-order valence-electron chi connectivity index (χ2n) is 8.76. The number of imide groups is 1. The van der Waals surface area contributed by atoms with Gasteiger partial charge in [-0.25, -0.2) is 0 Å². The predicted octanol–water partition coefficient (Wildman–Crippen LogP) is 1.80. The second-order valence-corrected chi connectivity index (χ2v) is 8.76. The van der Waals surface area contributed by atoms with Crippen LogP contribution in [-0.2, 0) is 4.79 Å². The molecule has 0 atom stereocenters. The van der Waals surface area contributed by atoms with Crippen LogP contribution in [-0.4, -0.2) is 83.5 Å². The molecule has 0 N–H and O–H groups in total. The first-order chi connectivity index (χ1) is 16.1. The second kappa shape index (κ2) is 9.17. The van der Waals surface area contributed by atoms with E-state index in [4.69, 9.17) is 0 Å². The lowest BCUT2D eigenvalue weighted by Crippen LogP contribution is -2.52. The summed E-state index contributed by atoms with van der Waals surface area (Å²) in [6.07, 6.45) is 4.94. The monoisotopic (exact) mass is 448 g/mol. The van der Waals surface area contributed by atoms with E-state index >= 15 is 0 Å². The molecule has 0 spiro atoms. The van der Waals surface area contributed by atoms with Crippen molar-refractivity contribution >= 4 is 29.4 Å². The highest BCUT2D eigenvalue weighted by Gasteiger charge is 2.37. The Morgan fingerprint density at radius 1 is 0.697 bits per heavy atom. The van der Waals surface area contributed by atoms with E-state index in [-0.39, 0.29) is 12.5 Å². The average molecular weight is 449 g/mol. The van der Waals surface area contributed by atoms with Gasteiger partial charge < -0.3 is 14.7 Å². The molecule has 9 nitrogen and oxygen atoms in total. The Morgan fingerprint density at radius 2 is 1.21 bits per heavy atom. The van der Waals surface area contributed by atoms with E-state index in [0.717, 1.165) is 29.6 Å². The highest BCUT2D eigenvalue weighted by molar-refractivity contribution is 6.22. The Labute approximate surface area is 193 Å². The van der Waals surface area contributed by atoms with Gasteiger partial charge in [-0.2, -0.15) is 0 Å². The standard InChI is InChI=1S/C24H28N6O3/c31-22(17-30-23(32)18-7-3-4-8-19(18)24(30)33)29-15-13-28(14-16-29)21-10-9-20(25-26-21)27-11-5-1-2-6-12-27/h3-4,7-10H,1-2,5-6,11-17H2. The molecule has 9 heteroatoms. The summed E-state index contributed by atoms with van der Waals surface area (Å²) in [5, 5.41) is 8.89. The summed E-state index contributed by atoms with van der Waals surface area (Å²) in [5.41, 5.74) is 0.727. The molecule has 33 heavy (non-hydrogen) atoms. The fourth-order valence-electron chi connectivity index (χ4n) is 4.76. The maximum Gasteiger partial charge on any atom is 0.262 e. The molecule has 1 aromatic carbocycles. The number of hydrogen-bond acceptors (Lipinski definition) is 7. The van der Waals surface area contributed by atoms with Crippen molar-refractivity contribution in [1.82, 2.24) is 20.0 Å². The molecule has 3 amide bonds. The smallest absolute Gasteiger partial charge is 0.262 e. The molecular formula is C24H28N6O3. The summed E-state index contributed by atoms with van der Waals surface area (Å²) < 4.78 is 0. The average Bonchev–Trinajstić information content (AvgIpc) is 3.04. The predicted molar refractivity (Wildman–Crippen MR) is 123 cm³/mol. The molecule has 0 radical (unpaired) electrons. The molecule has 1 aromatic heterocycles. The number of amides is 3. The lowest BCUT2D eigenvalue weighted by molar-refractivity contribution is -0.131. The van der Waals surface area contributed by atoms with Crippen LogP contribution in [0.4, 0.5) is 11.6 Å². The van der Waals surface area contributed by atoms with Gasteiger partial charge in [-0.15, -0.1) is 10.2 Å². The van der Waals surface area contributed by atoms with Crippen LogP contribution in [0.1, 0.15) is 46.4 Å². The van der Waals surface area contributed by atoms with Crippen molar-refractivity contribution in [1.29, 1.82) is 0 Å². The van der Waals surface area contributed by atoms with Crippen LogP contribution >= 0.6 is 0 Å². The molecule has 2 saturated heterocycles. The number of carbonyl (C=O) groups is 3. The summed E-state index contributed by atoms with van der Waals surface area (Å²) in [6, 6.07) is 10.7. The van der Waals surface area contributed by atoms with E-state index in [1.165, 1.54) is 25.7 Å². The lowest BCUT2D eigenvalue weighted by atomic mass is 10.1. The first-order valence-corrected chi connectivity index (χ1v) is 11.7. The van der Waals surface area contributed by atoms with Crippen molar-refractivity contribution in [3.8, 4) is 0 Å². The Kier molecular flexibility index (Phi) is 5.93. The maximum absolute atomic E-state index is 12.8. The third-order valence-electron chi connectivity index (χ3n) is 6.69. The number of benzene rings is 1. The van der Waals surface area contributed by atoms with Gasteiger partial charge in [-0.3, -0.25) is 19.3 Å². The van der Waals surface area contributed by atoms with Gasteiger partial charge in [0.2, 0.25) is 5.91 Å². The van der Waals surface area contributed by atoms with Crippen molar-refractivity contribution in [2.45, 2.75) is 25.7 Å². The third-order valence-corrected chi connectivity index (χ3v) is 6.69. The van der Waals surface area contributed by atoms with Gasteiger partial charge >= 0.3 is 0 Å². The number of carbonyl (C=O) groups excluding carboxylic acids is 3. The quantitative estimate of drug-likeness (QED) is 0.659. The number of fused-ring (bicyclic) bond motifs is 1. The molecule has 0 saturated carbocycles. The molecule has 172 valence electrons. The van der Waals surface area contributed by atoms with E-state index in [0.29, 0.717) is 37.3 Å². The molecule has 3 aliphatic heterocycles. The molecule has 2 aromatic rings. The topological polar surface area (TPSA) is 90.0 Å². The summed E-state index contributed by atoms with van der Waals surface area (Å²) in [7, 11) is 0. The number of nitrogens with zero attached hydrogens (tertiary/aromatic N) is 6. The van der Waals surface area contributed by atoms with Gasteiger partial charge in [0.15, 0.2) is 11.6 Å². The first kappa shape index (κ1) is 21.4. The van der Waals surface area contributed by atoms with E-state index in [9.17, 15) is 14.4 Å². The summed E-state index contributed by atoms with van der Waals surface area (Å²) in [4.78, 5) is 45.1. The molecule has 5 rings (SSSR count). The van der Waals surface area contributed by atoms with Gasteiger partial charge in [0, 0.05) is 39.3 Å². The van der Waals surface area contributed by atoms with E-state index < -0.39 is 11.8 Å². The Hall–Kier alpha value is -3.49. The number of hydrogen-bond donors (Lipinski definition) is 0. The summed E-state index contributed by atoms with van der Waals surface area (Å²) in [5.74, 6) is 0.716. The van der Waals surface area contributed by atoms with Crippen LogP contribution in [0.5, 0.6) is 0 Å². The van der Waals surface area contributed by atoms with Crippen LogP contribution < -0.4 is 9.80 Å². The van der Waals surface area contributed by atoms with Gasteiger partial charge in [0.25, 0.3) is 11.8 Å². The number of piperazine rings is 1. The summed E-state index contributed by atoms with van der Waals surface area (Å²) in [6.45, 7) is 4.12. The highest BCUT2D eigenvalue weighted by Crippen LogP contribution is 2.23. The molecule has 0 bridgehead atoms. The van der Waals surface area contributed by atoms with Crippen molar-refractivity contribution in [3.05, 3.63) is 47.5 Å². The zero-order valence-corrected chi connectivity index (χ0v) is 18.7. The van der Waals surface area contributed by atoms with Crippen LogP contribution in [0.3, 0.4) is 0 Å². The van der Waals surface area contributed by atoms with Crippen molar-refractivity contribution in [2.24, 2.45) is 0 Å². The normalized spacial score (nSPS) is 19.0. The fourth-order valence-corrected chi connectivity index (χ4v) is 4.76. The minimum Gasteiger partial charge on any atom is -0.355 e. The minimum absolute atomic E-state index is 0.216. The largest absolute Gasteiger partial charge is 0.355 e. The Balaban J connectivity index is 1.15. The molecule has 4 heterocycles. The number of rotatable bonds is 4. The van der Waals surface area contributed by atoms with Gasteiger partial charge in [0.1, 0.15) is 6.54 Å². The third kappa shape index (κ3) is 4.27. The maximum atomic E-state index is 12.8. The van der Waals surface area contributed by atoms with Gasteiger partial charge in [-0.1, -0.05) is 25.0 Å². The van der Waals surface area contributed by atoms with Crippen LogP contribution in [0.2, 0.25) is 0 Å². The highest BCUT2D eigenvalue weighted by atomic mass is 16.2. The fraction of sp³-hybridized carbons (Fsp3) is 0.458. The van der Waals surface area contributed by atoms with Crippen LogP contribution in [0.25, 0.3) is 0 Å².